The minimum atomic E-state index is 0.0273. The van der Waals surface area contributed by atoms with Crippen LogP contribution in [-0.2, 0) is 0 Å². The summed E-state index contributed by atoms with van der Waals surface area (Å²) in [5, 5.41) is 12.8. The highest BCUT2D eigenvalue weighted by molar-refractivity contribution is 6.18. The van der Waals surface area contributed by atoms with Crippen LogP contribution in [0.2, 0.25) is 0 Å². The van der Waals surface area contributed by atoms with Crippen LogP contribution in [0.4, 0.5) is 0 Å². The lowest BCUT2D eigenvalue weighted by Crippen LogP contribution is -2.20. The van der Waals surface area contributed by atoms with Gasteiger partial charge in [-0.25, -0.2) is 0 Å². The number of fused-ring (bicyclic) bond motifs is 8. The molecule has 0 N–H and O–H groups in total. The van der Waals surface area contributed by atoms with E-state index in [9.17, 15) is 4.79 Å². The second-order valence-corrected chi connectivity index (χ2v) is 13.1. The fourth-order valence-corrected chi connectivity index (χ4v) is 8.07. The number of aromatic nitrogens is 1. The van der Waals surface area contributed by atoms with Gasteiger partial charge in [-0.1, -0.05) is 127 Å². The van der Waals surface area contributed by atoms with Gasteiger partial charge in [0.2, 0.25) is 0 Å². The van der Waals surface area contributed by atoms with Gasteiger partial charge >= 0.3 is 0 Å². The maximum Gasteiger partial charge on any atom is 0.263 e. The number of hydrogen-bond donors (Lipinski definition) is 0. The molecule has 0 saturated carbocycles. The minimum absolute atomic E-state index is 0.0273. The molecular weight excluding hydrogens is 595 g/mol. The van der Waals surface area contributed by atoms with Crippen LogP contribution < -0.4 is 5.56 Å². The Kier molecular flexibility index (Phi) is 6.19. The Hall–Kier alpha value is -6.25. The number of hydrogen-bond acceptors (Lipinski definition) is 1. The van der Waals surface area contributed by atoms with E-state index in [0.717, 1.165) is 45.8 Å². The van der Waals surface area contributed by atoms with Crippen molar-refractivity contribution in [1.82, 2.24) is 4.57 Å². The van der Waals surface area contributed by atoms with Gasteiger partial charge in [-0.3, -0.25) is 9.36 Å². The second kappa shape index (κ2) is 10.9. The molecule has 1 aliphatic rings. The number of rotatable bonds is 3. The van der Waals surface area contributed by atoms with Crippen molar-refractivity contribution in [2.24, 2.45) is 0 Å². The topological polar surface area (TPSA) is 22.0 Å². The van der Waals surface area contributed by atoms with E-state index < -0.39 is 0 Å². The summed E-state index contributed by atoms with van der Waals surface area (Å²) in [4.78, 5) is 13.9. The molecule has 0 aliphatic heterocycles. The van der Waals surface area contributed by atoms with Crippen molar-refractivity contribution in [3.63, 3.8) is 0 Å². The normalized spacial score (nSPS) is 13.3. The fraction of sp³-hybridized carbons (Fsp3) is 0.0426. The molecule has 0 amide bonds. The first-order valence-electron chi connectivity index (χ1n) is 17.0. The molecular formula is C47H31NO. The monoisotopic (exact) mass is 625 g/mol. The zero-order chi connectivity index (χ0) is 32.5. The zero-order valence-electron chi connectivity index (χ0n) is 26.9. The molecule has 230 valence electrons. The summed E-state index contributed by atoms with van der Waals surface area (Å²) >= 11 is 0. The molecule has 9 aromatic rings. The molecule has 2 nitrogen and oxygen atoms in total. The smallest absolute Gasteiger partial charge is 0.263 e. The molecule has 0 unspecified atom stereocenters. The fourth-order valence-electron chi connectivity index (χ4n) is 8.07. The van der Waals surface area contributed by atoms with Crippen LogP contribution in [0.1, 0.15) is 12.8 Å². The van der Waals surface area contributed by atoms with Crippen molar-refractivity contribution in [2.45, 2.75) is 12.8 Å². The highest BCUT2D eigenvalue weighted by Gasteiger charge is 2.17. The standard InChI is InChI=1S/C47H31NO/c49-47-43-18-9-8-17-40(43)45-29-33(22-26-46(45)48(47)34-13-2-1-3-14-34)35-24-25-42(37-16-7-6-15-36(35)37)38-19-10-20-39-41(38)23-21-32-27-30-11-4-5-12-31(30)28-44(32)39/h2,4-29H,1,3H2. The molecule has 1 heterocycles. The van der Waals surface area contributed by atoms with Crippen LogP contribution in [0.5, 0.6) is 0 Å². The van der Waals surface area contributed by atoms with Crippen LogP contribution in [0.3, 0.4) is 0 Å². The Bertz CT molecular complexity index is 2960. The highest BCUT2D eigenvalue weighted by Crippen LogP contribution is 2.41. The number of allylic oxidation sites excluding steroid dienone is 4. The first-order valence-corrected chi connectivity index (χ1v) is 17.0. The SMILES string of the molecule is O=c1c2ccccc2c2cc(-c3ccc(-c4cccc5c4ccc4cc6ccccc6cc45)c4ccccc34)ccc2n1C1=CCCC=C1. The van der Waals surface area contributed by atoms with Crippen LogP contribution in [0.15, 0.2) is 169 Å². The zero-order valence-corrected chi connectivity index (χ0v) is 26.9. The molecule has 1 aromatic heterocycles. The largest absolute Gasteiger partial charge is 0.277 e. The van der Waals surface area contributed by atoms with Gasteiger partial charge in [0.1, 0.15) is 0 Å². The number of nitrogens with zero attached hydrogens (tertiary/aromatic N) is 1. The lowest BCUT2D eigenvalue weighted by Gasteiger charge is -2.18. The summed E-state index contributed by atoms with van der Waals surface area (Å²) < 4.78 is 1.89. The van der Waals surface area contributed by atoms with Crippen LogP contribution >= 0.6 is 0 Å². The van der Waals surface area contributed by atoms with E-state index in [-0.39, 0.29) is 5.56 Å². The predicted octanol–water partition coefficient (Wildman–Crippen LogP) is 12.3. The molecule has 1 aliphatic carbocycles. The lowest BCUT2D eigenvalue weighted by molar-refractivity contribution is 0.998. The van der Waals surface area contributed by atoms with Gasteiger partial charge in [0.15, 0.2) is 0 Å². The van der Waals surface area contributed by atoms with E-state index in [4.69, 9.17) is 0 Å². The van der Waals surface area contributed by atoms with Crippen LogP contribution in [-0.4, -0.2) is 4.57 Å². The van der Waals surface area contributed by atoms with Crippen molar-refractivity contribution >= 4 is 70.5 Å². The molecule has 2 heteroatoms. The molecule has 0 fully saturated rings. The van der Waals surface area contributed by atoms with Crippen LogP contribution in [0, 0.1) is 0 Å². The second-order valence-electron chi connectivity index (χ2n) is 13.1. The van der Waals surface area contributed by atoms with Gasteiger partial charge in [0, 0.05) is 16.5 Å². The van der Waals surface area contributed by atoms with Crippen molar-refractivity contribution < 1.29 is 0 Å². The van der Waals surface area contributed by atoms with E-state index in [1.807, 2.05) is 22.8 Å². The summed E-state index contributed by atoms with van der Waals surface area (Å²) in [6.45, 7) is 0. The molecule has 8 aromatic carbocycles. The maximum atomic E-state index is 13.9. The molecule has 0 atom stereocenters. The van der Waals surface area contributed by atoms with Crippen LogP contribution in [0.25, 0.3) is 92.7 Å². The first-order chi connectivity index (χ1) is 24.2. The van der Waals surface area contributed by atoms with Crippen molar-refractivity contribution in [3.8, 4) is 22.3 Å². The summed E-state index contributed by atoms with van der Waals surface area (Å²) in [6, 6.07) is 52.4. The summed E-state index contributed by atoms with van der Waals surface area (Å²) in [6.07, 6.45) is 8.35. The highest BCUT2D eigenvalue weighted by atomic mass is 16.1. The average molecular weight is 626 g/mol. The summed E-state index contributed by atoms with van der Waals surface area (Å²) in [5.74, 6) is 0. The summed E-state index contributed by atoms with van der Waals surface area (Å²) in [5.41, 5.74) is 6.68. The van der Waals surface area contributed by atoms with Gasteiger partial charge in [0.25, 0.3) is 5.56 Å². The first kappa shape index (κ1) is 27.8. The third-order valence-corrected chi connectivity index (χ3v) is 10.4. The van der Waals surface area contributed by atoms with Crippen molar-refractivity contribution in [1.29, 1.82) is 0 Å². The molecule has 0 radical (unpaired) electrons. The molecule has 0 saturated heterocycles. The number of pyridine rings is 1. The molecule has 0 spiro atoms. The third-order valence-electron chi connectivity index (χ3n) is 10.4. The van der Waals surface area contributed by atoms with E-state index in [0.29, 0.717) is 0 Å². The Labute approximate surface area is 283 Å². The Morgan fingerprint density at radius 1 is 0.429 bits per heavy atom. The van der Waals surface area contributed by atoms with E-state index in [1.54, 1.807) is 0 Å². The van der Waals surface area contributed by atoms with Crippen molar-refractivity contribution in [2.75, 3.05) is 0 Å². The van der Waals surface area contributed by atoms with E-state index >= 15 is 0 Å². The number of benzene rings is 8. The van der Waals surface area contributed by atoms with E-state index in [1.165, 1.54) is 59.8 Å². The Morgan fingerprint density at radius 2 is 1.08 bits per heavy atom. The lowest BCUT2D eigenvalue weighted by atomic mass is 9.88. The minimum Gasteiger partial charge on any atom is -0.277 e. The molecule has 10 rings (SSSR count). The maximum absolute atomic E-state index is 13.9. The van der Waals surface area contributed by atoms with Gasteiger partial charge in [-0.2, -0.15) is 0 Å². The Morgan fingerprint density at radius 3 is 1.90 bits per heavy atom. The Balaban J connectivity index is 1.19. The summed E-state index contributed by atoms with van der Waals surface area (Å²) in [7, 11) is 0. The third kappa shape index (κ3) is 4.31. The quantitative estimate of drug-likeness (QED) is 0.141. The average Bonchev–Trinajstić information content (AvgIpc) is 3.17. The van der Waals surface area contributed by atoms with Gasteiger partial charge < -0.3 is 0 Å². The van der Waals surface area contributed by atoms with Gasteiger partial charge in [-0.05, 0) is 120 Å². The predicted molar refractivity (Wildman–Crippen MR) is 209 cm³/mol. The molecule has 0 bridgehead atoms. The van der Waals surface area contributed by atoms with Gasteiger partial charge in [0.05, 0.1) is 5.52 Å². The van der Waals surface area contributed by atoms with E-state index in [2.05, 4.69) is 146 Å². The molecule has 49 heavy (non-hydrogen) atoms. The van der Waals surface area contributed by atoms with Gasteiger partial charge in [-0.15, -0.1) is 0 Å². The van der Waals surface area contributed by atoms with Crippen molar-refractivity contribution in [3.05, 3.63) is 174 Å².